The maximum atomic E-state index is 9.53. The van der Waals surface area contributed by atoms with Crippen LogP contribution in [0.3, 0.4) is 0 Å². The fourth-order valence-corrected chi connectivity index (χ4v) is 1.80. The van der Waals surface area contributed by atoms with E-state index in [0.29, 0.717) is 6.61 Å². The second kappa shape index (κ2) is 5.10. The van der Waals surface area contributed by atoms with Gasteiger partial charge >= 0.3 is 0 Å². The Bertz CT molecular complexity index is 162. The van der Waals surface area contributed by atoms with Crippen LogP contribution in [-0.2, 0) is 9.47 Å². The molecule has 1 aliphatic rings. The van der Waals surface area contributed by atoms with E-state index in [1.807, 2.05) is 6.92 Å². The van der Waals surface area contributed by atoms with E-state index in [1.54, 1.807) is 13.8 Å². The third-order valence-corrected chi connectivity index (χ3v) is 2.42. The maximum Gasteiger partial charge on any atom is 0.0838 e. The monoisotopic (exact) mass is 202 g/mol. The van der Waals surface area contributed by atoms with E-state index in [2.05, 4.69) is 0 Å². The lowest BCUT2D eigenvalue weighted by atomic mass is 10.1. The van der Waals surface area contributed by atoms with Gasteiger partial charge < -0.3 is 14.6 Å². The molecule has 3 nitrogen and oxygen atoms in total. The van der Waals surface area contributed by atoms with Crippen molar-refractivity contribution < 1.29 is 14.6 Å². The summed E-state index contributed by atoms with van der Waals surface area (Å²) in [4.78, 5) is 0. The highest BCUT2D eigenvalue weighted by atomic mass is 16.5. The Morgan fingerprint density at radius 2 is 1.79 bits per heavy atom. The van der Waals surface area contributed by atoms with Gasteiger partial charge in [0.1, 0.15) is 0 Å². The molecule has 0 saturated heterocycles. The molecule has 0 bridgehead atoms. The SMILES string of the molecule is CCOC1CCCC1OCC(C)(C)O. The highest BCUT2D eigenvalue weighted by molar-refractivity contribution is 4.80. The molecule has 0 spiro atoms. The van der Waals surface area contributed by atoms with Crippen molar-refractivity contribution in [2.75, 3.05) is 13.2 Å². The predicted octanol–water partition coefficient (Wildman–Crippen LogP) is 1.73. The number of rotatable bonds is 5. The molecule has 0 amide bonds. The zero-order valence-electron chi connectivity index (χ0n) is 9.45. The third kappa shape index (κ3) is 3.95. The molecule has 1 aliphatic carbocycles. The molecule has 3 heteroatoms. The molecular weight excluding hydrogens is 180 g/mol. The average Bonchev–Trinajstić information content (AvgIpc) is 2.48. The van der Waals surface area contributed by atoms with Crippen molar-refractivity contribution in [1.29, 1.82) is 0 Å². The van der Waals surface area contributed by atoms with E-state index in [1.165, 1.54) is 6.42 Å². The van der Waals surface area contributed by atoms with Gasteiger partial charge in [-0.05, 0) is 40.0 Å². The third-order valence-electron chi connectivity index (χ3n) is 2.42. The molecule has 14 heavy (non-hydrogen) atoms. The first-order chi connectivity index (χ1) is 6.53. The molecule has 2 atom stereocenters. The molecule has 0 heterocycles. The van der Waals surface area contributed by atoms with Crippen molar-refractivity contribution in [2.45, 2.75) is 57.8 Å². The number of hydrogen-bond acceptors (Lipinski definition) is 3. The average molecular weight is 202 g/mol. The van der Waals surface area contributed by atoms with E-state index in [4.69, 9.17) is 9.47 Å². The minimum absolute atomic E-state index is 0.182. The molecule has 84 valence electrons. The summed E-state index contributed by atoms with van der Waals surface area (Å²) in [5, 5.41) is 9.53. The van der Waals surface area contributed by atoms with E-state index < -0.39 is 5.60 Å². The fourth-order valence-electron chi connectivity index (χ4n) is 1.80. The summed E-state index contributed by atoms with van der Waals surface area (Å²) in [6, 6.07) is 0. The molecule has 2 unspecified atom stereocenters. The minimum atomic E-state index is -0.737. The summed E-state index contributed by atoms with van der Waals surface area (Å²) >= 11 is 0. The Morgan fingerprint density at radius 3 is 2.29 bits per heavy atom. The van der Waals surface area contributed by atoms with Gasteiger partial charge in [0, 0.05) is 6.61 Å². The molecule has 1 fully saturated rings. The van der Waals surface area contributed by atoms with Gasteiger partial charge in [0.25, 0.3) is 0 Å². The summed E-state index contributed by atoms with van der Waals surface area (Å²) in [6.45, 7) is 6.66. The largest absolute Gasteiger partial charge is 0.388 e. The lowest BCUT2D eigenvalue weighted by Crippen LogP contribution is -2.33. The van der Waals surface area contributed by atoms with Crippen LogP contribution in [-0.4, -0.2) is 36.1 Å². The van der Waals surface area contributed by atoms with E-state index in [9.17, 15) is 5.11 Å². The molecule has 0 radical (unpaired) electrons. The van der Waals surface area contributed by atoms with Gasteiger partial charge in [-0.25, -0.2) is 0 Å². The molecule has 0 aromatic heterocycles. The van der Waals surface area contributed by atoms with Crippen LogP contribution >= 0.6 is 0 Å². The zero-order valence-corrected chi connectivity index (χ0v) is 9.45. The van der Waals surface area contributed by atoms with Crippen LogP contribution in [0.5, 0.6) is 0 Å². The van der Waals surface area contributed by atoms with Crippen molar-refractivity contribution in [2.24, 2.45) is 0 Å². The first-order valence-corrected chi connectivity index (χ1v) is 5.48. The van der Waals surface area contributed by atoms with E-state index in [0.717, 1.165) is 19.4 Å². The smallest absolute Gasteiger partial charge is 0.0838 e. The molecule has 1 saturated carbocycles. The standard InChI is InChI=1S/C11H22O3/c1-4-13-9-6-5-7-10(9)14-8-11(2,3)12/h9-10,12H,4-8H2,1-3H3. The van der Waals surface area contributed by atoms with E-state index >= 15 is 0 Å². The topological polar surface area (TPSA) is 38.7 Å². The van der Waals surface area contributed by atoms with Crippen LogP contribution in [0.25, 0.3) is 0 Å². The predicted molar refractivity (Wildman–Crippen MR) is 55.3 cm³/mol. The maximum absolute atomic E-state index is 9.53. The molecule has 0 aromatic rings. The fraction of sp³-hybridized carbons (Fsp3) is 1.00. The second-order valence-electron chi connectivity index (χ2n) is 4.59. The lowest BCUT2D eigenvalue weighted by Gasteiger charge is -2.24. The van der Waals surface area contributed by atoms with Crippen molar-refractivity contribution in [3.63, 3.8) is 0 Å². The molecule has 0 aliphatic heterocycles. The quantitative estimate of drug-likeness (QED) is 0.738. The lowest BCUT2D eigenvalue weighted by molar-refractivity contribution is -0.0963. The number of ether oxygens (including phenoxy) is 2. The first-order valence-electron chi connectivity index (χ1n) is 5.48. The van der Waals surface area contributed by atoms with Gasteiger partial charge in [-0.2, -0.15) is 0 Å². The summed E-state index contributed by atoms with van der Waals surface area (Å²) < 4.78 is 11.2. The second-order valence-corrected chi connectivity index (χ2v) is 4.59. The summed E-state index contributed by atoms with van der Waals surface area (Å²) in [5.41, 5.74) is -0.737. The molecule has 0 aromatic carbocycles. The van der Waals surface area contributed by atoms with Crippen LogP contribution < -0.4 is 0 Å². The number of aliphatic hydroxyl groups is 1. The van der Waals surface area contributed by atoms with Gasteiger partial charge in [0.2, 0.25) is 0 Å². The van der Waals surface area contributed by atoms with Gasteiger partial charge in [0.15, 0.2) is 0 Å². The van der Waals surface area contributed by atoms with Crippen LogP contribution in [0, 0.1) is 0 Å². The summed E-state index contributed by atoms with van der Waals surface area (Å²) in [5.74, 6) is 0. The Kier molecular flexibility index (Phi) is 4.35. The highest BCUT2D eigenvalue weighted by Crippen LogP contribution is 2.25. The van der Waals surface area contributed by atoms with Gasteiger partial charge in [-0.15, -0.1) is 0 Å². The van der Waals surface area contributed by atoms with Gasteiger partial charge in [-0.3, -0.25) is 0 Å². The Labute approximate surface area is 86.4 Å². The van der Waals surface area contributed by atoms with Crippen molar-refractivity contribution in [1.82, 2.24) is 0 Å². The minimum Gasteiger partial charge on any atom is -0.388 e. The van der Waals surface area contributed by atoms with E-state index in [-0.39, 0.29) is 12.2 Å². The van der Waals surface area contributed by atoms with Crippen molar-refractivity contribution in [3.8, 4) is 0 Å². The number of hydrogen-bond donors (Lipinski definition) is 1. The Balaban J connectivity index is 2.29. The highest BCUT2D eigenvalue weighted by Gasteiger charge is 2.29. The van der Waals surface area contributed by atoms with Crippen LogP contribution in [0.1, 0.15) is 40.0 Å². The van der Waals surface area contributed by atoms with Crippen LogP contribution in [0.4, 0.5) is 0 Å². The van der Waals surface area contributed by atoms with Crippen LogP contribution in [0.15, 0.2) is 0 Å². The zero-order chi connectivity index (χ0) is 10.6. The molecule has 1 rings (SSSR count). The Morgan fingerprint density at radius 1 is 1.21 bits per heavy atom. The first kappa shape index (κ1) is 12.0. The summed E-state index contributed by atoms with van der Waals surface area (Å²) in [7, 11) is 0. The van der Waals surface area contributed by atoms with Crippen molar-refractivity contribution in [3.05, 3.63) is 0 Å². The normalized spacial score (nSPS) is 28.3. The summed E-state index contributed by atoms with van der Waals surface area (Å²) in [6.07, 6.45) is 3.73. The van der Waals surface area contributed by atoms with Crippen LogP contribution in [0.2, 0.25) is 0 Å². The molecular formula is C11H22O3. The van der Waals surface area contributed by atoms with Gasteiger partial charge in [-0.1, -0.05) is 0 Å². The van der Waals surface area contributed by atoms with Crippen molar-refractivity contribution >= 4 is 0 Å². The Hall–Kier alpha value is -0.120. The van der Waals surface area contributed by atoms with Gasteiger partial charge in [0.05, 0.1) is 24.4 Å². The molecule has 1 N–H and O–H groups in total.